The molecule has 1 aromatic rings. The third-order valence-corrected chi connectivity index (χ3v) is 4.87. The van der Waals surface area contributed by atoms with Gasteiger partial charge in [-0.3, -0.25) is 0 Å². The second-order valence-corrected chi connectivity index (χ2v) is 6.49. The molecule has 1 N–H and O–H groups in total. The Kier molecular flexibility index (Phi) is 5.06. The zero-order valence-corrected chi connectivity index (χ0v) is 12.4. The molecule has 2 heterocycles. The van der Waals surface area contributed by atoms with Gasteiger partial charge in [-0.25, -0.2) is 0 Å². The predicted molar refractivity (Wildman–Crippen MR) is 78.7 cm³/mol. The number of hydrogen-bond donors (Lipinski definition) is 1. The molecule has 2 fully saturated rings. The first-order chi connectivity index (χ1) is 9.92. The minimum atomic E-state index is 0.548. The lowest BCUT2D eigenvalue weighted by atomic mass is 9.95. The normalized spacial score (nSPS) is 25.5. The van der Waals surface area contributed by atoms with Crippen LogP contribution in [0.4, 0.5) is 0 Å². The summed E-state index contributed by atoms with van der Waals surface area (Å²) in [6, 6.07) is 0. The molecule has 4 heteroatoms. The number of nitrogens with zero attached hydrogens (tertiary/aromatic N) is 2. The zero-order valence-electron chi connectivity index (χ0n) is 12.4. The fraction of sp³-hybridized carbons (Fsp3) is 0.875. The molecule has 1 atom stereocenters. The Labute approximate surface area is 121 Å². The highest BCUT2D eigenvalue weighted by Gasteiger charge is 2.20. The summed E-state index contributed by atoms with van der Waals surface area (Å²) >= 11 is 0. The maximum Gasteiger partial charge on any atom is 0.226 e. The number of hydrogen-bond acceptors (Lipinski definition) is 4. The first kappa shape index (κ1) is 14.1. The van der Waals surface area contributed by atoms with Crippen molar-refractivity contribution in [3.63, 3.8) is 0 Å². The molecule has 1 aromatic heterocycles. The Morgan fingerprint density at radius 2 is 1.90 bits per heavy atom. The molecule has 3 rings (SSSR count). The van der Waals surface area contributed by atoms with Gasteiger partial charge in [0.25, 0.3) is 0 Å². The zero-order chi connectivity index (χ0) is 13.6. The SMILES string of the molecule is C1CCCC(c2noc(CCC3CCCNC3)n2)CC1. The van der Waals surface area contributed by atoms with Gasteiger partial charge in [-0.1, -0.05) is 30.8 Å². The fourth-order valence-corrected chi connectivity index (χ4v) is 3.57. The molecule has 0 aromatic carbocycles. The summed E-state index contributed by atoms with van der Waals surface area (Å²) in [5.74, 6) is 3.17. The van der Waals surface area contributed by atoms with Crippen LogP contribution in [0.1, 0.15) is 75.4 Å². The van der Waals surface area contributed by atoms with Crippen LogP contribution in [-0.2, 0) is 6.42 Å². The van der Waals surface area contributed by atoms with Gasteiger partial charge in [0.15, 0.2) is 5.82 Å². The monoisotopic (exact) mass is 277 g/mol. The third-order valence-electron chi connectivity index (χ3n) is 4.87. The third kappa shape index (κ3) is 3.81. The lowest BCUT2D eigenvalue weighted by molar-refractivity contribution is 0.324. The van der Waals surface area contributed by atoms with Gasteiger partial charge in [0.2, 0.25) is 5.89 Å². The van der Waals surface area contributed by atoms with Crippen molar-refractivity contribution >= 4 is 0 Å². The van der Waals surface area contributed by atoms with Crippen LogP contribution >= 0.6 is 0 Å². The summed E-state index contributed by atoms with van der Waals surface area (Å²) in [5, 5.41) is 7.71. The van der Waals surface area contributed by atoms with E-state index in [0.717, 1.165) is 30.6 Å². The second kappa shape index (κ2) is 7.21. The highest BCUT2D eigenvalue weighted by molar-refractivity contribution is 4.96. The quantitative estimate of drug-likeness (QED) is 0.857. The van der Waals surface area contributed by atoms with E-state index in [9.17, 15) is 0 Å². The summed E-state index contributed by atoms with van der Waals surface area (Å²) in [6.07, 6.45) is 12.6. The molecular formula is C16H27N3O. The summed E-state index contributed by atoms with van der Waals surface area (Å²) in [6.45, 7) is 2.34. The van der Waals surface area contributed by atoms with Crippen molar-refractivity contribution in [1.82, 2.24) is 15.5 Å². The van der Waals surface area contributed by atoms with E-state index in [0.29, 0.717) is 5.92 Å². The van der Waals surface area contributed by atoms with Crippen LogP contribution in [0.25, 0.3) is 0 Å². The van der Waals surface area contributed by atoms with E-state index >= 15 is 0 Å². The van der Waals surface area contributed by atoms with Gasteiger partial charge < -0.3 is 9.84 Å². The van der Waals surface area contributed by atoms with Crippen LogP contribution in [-0.4, -0.2) is 23.2 Å². The molecule has 0 amide bonds. The molecule has 0 spiro atoms. The van der Waals surface area contributed by atoms with E-state index < -0.39 is 0 Å². The van der Waals surface area contributed by atoms with Gasteiger partial charge in [0, 0.05) is 12.3 Å². The van der Waals surface area contributed by atoms with Crippen molar-refractivity contribution in [2.45, 2.75) is 70.1 Å². The predicted octanol–water partition coefficient (Wildman–Crippen LogP) is 3.44. The Bertz CT molecular complexity index is 390. The molecular weight excluding hydrogens is 250 g/mol. The number of rotatable bonds is 4. The van der Waals surface area contributed by atoms with Crippen LogP contribution in [0.5, 0.6) is 0 Å². The van der Waals surface area contributed by atoms with E-state index in [1.165, 1.54) is 64.3 Å². The van der Waals surface area contributed by atoms with Crippen molar-refractivity contribution in [1.29, 1.82) is 0 Å². The first-order valence-corrected chi connectivity index (χ1v) is 8.45. The summed E-state index contributed by atoms with van der Waals surface area (Å²) in [4.78, 5) is 4.66. The molecule has 20 heavy (non-hydrogen) atoms. The number of aryl methyl sites for hydroxylation is 1. The van der Waals surface area contributed by atoms with Gasteiger partial charge in [0.05, 0.1) is 0 Å². The largest absolute Gasteiger partial charge is 0.339 e. The molecule has 112 valence electrons. The molecule has 4 nitrogen and oxygen atoms in total. The van der Waals surface area contributed by atoms with E-state index in [1.807, 2.05) is 0 Å². The van der Waals surface area contributed by atoms with Crippen LogP contribution in [0.2, 0.25) is 0 Å². The van der Waals surface area contributed by atoms with Gasteiger partial charge in [-0.05, 0) is 51.1 Å². The topological polar surface area (TPSA) is 51.0 Å². The van der Waals surface area contributed by atoms with Gasteiger partial charge in [0.1, 0.15) is 0 Å². The van der Waals surface area contributed by atoms with Crippen LogP contribution in [0, 0.1) is 5.92 Å². The molecule has 1 saturated heterocycles. The maximum atomic E-state index is 5.47. The summed E-state index contributed by atoms with van der Waals surface area (Å²) in [5.41, 5.74) is 0. The van der Waals surface area contributed by atoms with Crippen molar-refractivity contribution < 1.29 is 4.52 Å². The van der Waals surface area contributed by atoms with Crippen LogP contribution < -0.4 is 5.32 Å². The minimum absolute atomic E-state index is 0.548. The molecule has 0 bridgehead atoms. The van der Waals surface area contributed by atoms with Crippen molar-refractivity contribution in [2.24, 2.45) is 5.92 Å². The highest BCUT2D eigenvalue weighted by atomic mass is 16.5. The molecule has 1 unspecified atom stereocenters. The highest BCUT2D eigenvalue weighted by Crippen LogP contribution is 2.30. The van der Waals surface area contributed by atoms with E-state index in [1.54, 1.807) is 0 Å². The van der Waals surface area contributed by atoms with Crippen molar-refractivity contribution in [3.05, 3.63) is 11.7 Å². The molecule has 0 radical (unpaired) electrons. The first-order valence-electron chi connectivity index (χ1n) is 8.45. The number of piperidine rings is 1. The summed E-state index contributed by atoms with van der Waals surface area (Å²) < 4.78 is 5.47. The second-order valence-electron chi connectivity index (χ2n) is 6.49. The average molecular weight is 277 g/mol. The summed E-state index contributed by atoms with van der Waals surface area (Å²) in [7, 11) is 0. The fourth-order valence-electron chi connectivity index (χ4n) is 3.57. The smallest absolute Gasteiger partial charge is 0.226 e. The molecule has 2 aliphatic rings. The Balaban J connectivity index is 1.50. The number of nitrogens with one attached hydrogen (secondary N) is 1. The Morgan fingerprint density at radius 1 is 1.05 bits per heavy atom. The average Bonchev–Trinajstić information content (AvgIpc) is 2.80. The van der Waals surface area contributed by atoms with Gasteiger partial charge in [-0.15, -0.1) is 0 Å². The molecule has 1 aliphatic heterocycles. The number of aromatic nitrogens is 2. The molecule has 1 aliphatic carbocycles. The van der Waals surface area contributed by atoms with Crippen LogP contribution in [0.15, 0.2) is 4.52 Å². The van der Waals surface area contributed by atoms with Crippen molar-refractivity contribution in [2.75, 3.05) is 13.1 Å². The van der Waals surface area contributed by atoms with Crippen molar-refractivity contribution in [3.8, 4) is 0 Å². The van der Waals surface area contributed by atoms with Gasteiger partial charge >= 0.3 is 0 Å². The van der Waals surface area contributed by atoms with E-state index in [2.05, 4.69) is 15.5 Å². The van der Waals surface area contributed by atoms with E-state index in [4.69, 9.17) is 4.52 Å². The Morgan fingerprint density at radius 3 is 2.65 bits per heavy atom. The van der Waals surface area contributed by atoms with Crippen LogP contribution in [0.3, 0.4) is 0 Å². The lowest BCUT2D eigenvalue weighted by Gasteiger charge is -2.21. The van der Waals surface area contributed by atoms with E-state index in [-0.39, 0.29) is 0 Å². The Hall–Kier alpha value is -0.900. The lowest BCUT2D eigenvalue weighted by Crippen LogP contribution is -2.29. The standard InChI is InChI=1S/C16H27N3O/c1-2-4-8-14(7-3-1)16-18-15(20-19-16)10-9-13-6-5-11-17-12-13/h13-14,17H,1-12H2. The molecule has 1 saturated carbocycles. The minimum Gasteiger partial charge on any atom is -0.339 e. The van der Waals surface area contributed by atoms with Gasteiger partial charge in [-0.2, -0.15) is 4.98 Å². The maximum absolute atomic E-state index is 5.47.